The minimum Gasteiger partial charge on any atom is -0.326 e. The lowest BCUT2D eigenvalue weighted by atomic mass is 10.1. The Hall–Kier alpha value is -2.89. The maximum atomic E-state index is 13.1. The fourth-order valence-electron chi connectivity index (χ4n) is 2.87. The highest BCUT2D eigenvalue weighted by atomic mass is 16.2. The topological polar surface area (TPSA) is 82.3 Å². The van der Waals surface area contributed by atoms with Crippen molar-refractivity contribution >= 4 is 23.2 Å². The van der Waals surface area contributed by atoms with Crippen LogP contribution in [0.3, 0.4) is 0 Å². The normalized spacial score (nSPS) is 17.0. The van der Waals surface area contributed by atoms with Crippen LogP contribution < -0.4 is 15.8 Å². The first-order valence-electron chi connectivity index (χ1n) is 8.33. The largest absolute Gasteiger partial charge is 0.326 e. The fourth-order valence-corrected chi connectivity index (χ4v) is 2.87. The molecule has 2 aromatic rings. The van der Waals surface area contributed by atoms with Gasteiger partial charge in [0.1, 0.15) is 0 Å². The summed E-state index contributed by atoms with van der Waals surface area (Å²) in [7, 11) is 0. The van der Waals surface area contributed by atoms with Crippen molar-refractivity contribution < 1.29 is 9.59 Å². The van der Waals surface area contributed by atoms with Crippen LogP contribution >= 0.6 is 0 Å². The molecule has 6 nitrogen and oxygen atoms in total. The molecule has 0 saturated carbocycles. The van der Waals surface area contributed by atoms with Crippen LogP contribution in [0, 0.1) is 5.92 Å². The van der Waals surface area contributed by atoms with Crippen molar-refractivity contribution in [2.24, 2.45) is 5.92 Å². The van der Waals surface area contributed by atoms with Crippen LogP contribution in [-0.4, -0.2) is 23.3 Å². The zero-order chi connectivity index (χ0) is 18.1. The number of hydrogen-bond acceptors (Lipinski definition) is 3. The third-order valence-electron chi connectivity index (χ3n) is 4.34. The van der Waals surface area contributed by atoms with E-state index in [0.717, 1.165) is 0 Å². The average molecular weight is 339 g/mol. The Bertz CT molecular complexity index is 885. The Morgan fingerprint density at radius 1 is 1.20 bits per heavy atom. The van der Waals surface area contributed by atoms with E-state index in [-0.39, 0.29) is 35.8 Å². The second-order valence-corrected chi connectivity index (χ2v) is 6.67. The Kier molecular flexibility index (Phi) is 4.44. The second-order valence-electron chi connectivity index (χ2n) is 6.67. The number of nitrogens with zero attached hydrogens (tertiary/aromatic N) is 1. The van der Waals surface area contributed by atoms with E-state index in [9.17, 15) is 14.4 Å². The van der Waals surface area contributed by atoms with Crippen molar-refractivity contribution in [3.63, 3.8) is 0 Å². The highest BCUT2D eigenvalue weighted by Crippen LogP contribution is 2.31. The first kappa shape index (κ1) is 17.0. The molecule has 0 spiro atoms. The summed E-state index contributed by atoms with van der Waals surface area (Å²) in [5.74, 6) is -0.678. The predicted molar refractivity (Wildman–Crippen MR) is 97.1 cm³/mol. The van der Waals surface area contributed by atoms with Gasteiger partial charge in [-0.2, -0.15) is 0 Å². The van der Waals surface area contributed by atoms with Gasteiger partial charge in [0.05, 0.1) is 17.3 Å². The van der Waals surface area contributed by atoms with E-state index in [0.29, 0.717) is 22.6 Å². The molecule has 1 aliphatic heterocycles. The number of para-hydroxylation sites is 2. The lowest BCUT2D eigenvalue weighted by Gasteiger charge is -2.24. The number of pyridine rings is 1. The van der Waals surface area contributed by atoms with E-state index in [2.05, 4.69) is 10.3 Å². The minimum absolute atomic E-state index is 0.0963. The van der Waals surface area contributed by atoms with Gasteiger partial charge in [-0.3, -0.25) is 14.4 Å². The summed E-state index contributed by atoms with van der Waals surface area (Å²) in [6, 6.07) is 10.2. The lowest BCUT2D eigenvalue weighted by molar-refractivity contribution is -0.119. The lowest BCUT2D eigenvalue weighted by Crippen LogP contribution is -2.36. The average Bonchev–Trinajstić information content (AvgIpc) is 2.70. The van der Waals surface area contributed by atoms with Gasteiger partial charge in [0, 0.05) is 23.9 Å². The molecule has 2 amide bonds. The summed E-state index contributed by atoms with van der Waals surface area (Å²) < 4.78 is 0. The maximum Gasteiger partial charge on any atom is 0.258 e. The Morgan fingerprint density at radius 2 is 1.92 bits per heavy atom. The van der Waals surface area contributed by atoms with Crippen molar-refractivity contribution in [2.45, 2.75) is 26.7 Å². The number of rotatable bonds is 2. The molecule has 0 aliphatic carbocycles. The second kappa shape index (κ2) is 6.55. The third-order valence-corrected chi connectivity index (χ3v) is 4.34. The minimum atomic E-state index is -0.358. The van der Waals surface area contributed by atoms with E-state index in [4.69, 9.17) is 0 Å². The molecule has 2 N–H and O–H groups in total. The van der Waals surface area contributed by atoms with E-state index < -0.39 is 0 Å². The molecule has 130 valence electrons. The molecular weight excluding hydrogens is 318 g/mol. The molecule has 25 heavy (non-hydrogen) atoms. The standard InChI is InChI=1S/C19H21N3O3/c1-11(2)15-8-13(9-17(23)20-15)19(25)22-10-12(3)18(24)21-14-6-4-5-7-16(14)22/h4-9,11-12H,10H2,1-3H3,(H,20,23)(H,21,24). The van der Waals surface area contributed by atoms with Gasteiger partial charge in [0.2, 0.25) is 11.5 Å². The van der Waals surface area contributed by atoms with Crippen LogP contribution in [0.15, 0.2) is 41.2 Å². The number of carbonyl (C=O) groups excluding carboxylic acids is 2. The Labute approximate surface area is 145 Å². The van der Waals surface area contributed by atoms with Gasteiger partial charge in [0.25, 0.3) is 5.91 Å². The van der Waals surface area contributed by atoms with E-state index >= 15 is 0 Å². The number of aromatic nitrogens is 1. The zero-order valence-corrected chi connectivity index (χ0v) is 14.5. The Balaban J connectivity index is 2.07. The van der Waals surface area contributed by atoms with Crippen molar-refractivity contribution in [3.05, 3.63) is 58.0 Å². The fraction of sp³-hybridized carbons (Fsp3) is 0.316. The summed E-state index contributed by atoms with van der Waals surface area (Å²) >= 11 is 0. The molecule has 1 atom stereocenters. The molecule has 0 fully saturated rings. The summed E-state index contributed by atoms with van der Waals surface area (Å²) in [6.45, 7) is 5.93. The summed E-state index contributed by atoms with van der Waals surface area (Å²) in [6.07, 6.45) is 0. The molecule has 0 radical (unpaired) electrons. The van der Waals surface area contributed by atoms with E-state index in [1.807, 2.05) is 26.0 Å². The molecule has 0 bridgehead atoms. The molecule has 6 heteroatoms. The number of aromatic amines is 1. The van der Waals surface area contributed by atoms with Gasteiger partial charge >= 0.3 is 0 Å². The molecule has 1 unspecified atom stereocenters. The highest BCUT2D eigenvalue weighted by molar-refractivity contribution is 6.10. The number of H-pyrrole nitrogens is 1. The number of fused-ring (bicyclic) bond motifs is 1. The first-order valence-corrected chi connectivity index (χ1v) is 8.33. The van der Waals surface area contributed by atoms with Crippen molar-refractivity contribution in [1.82, 2.24) is 4.98 Å². The quantitative estimate of drug-likeness (QED) is 0.882. The van der Waals surface area contributed by atoms with Gasteiger partial charge in [-0.25, -0.2) is 0 Å². The maximum absolute atomic E-state index is 13.1. The van der Waals surface area contributed by atoms with Gasteiger partial charge < -0.3 is 15.2 Å². The Morgan fingerprint density at radius 3 is 2.64 bits per heavy atom. The summed E-state index contributed by atoms with van der Waals surface area (Å²) in [5.41, 5.74) is 1.96. The number of benzene rings is 1. The molecule has 3 rings (SSSR count). The SMILES string of the molecule is CC1CN(C(=O)c2cc(C(C)C)[nH]c(=O)c2)c2ccccc2NC1=O. The van der Waals surface area contributed by atoms with Gasteiger partial charge in [-0.1, -0.05) is 32.9 Å². The molecule has 2 heterocycles. The zero-order valence-electron chi connectivity index (χ0n) is 14.5. The van der Waals surface area contributed by atoms with E-state index in [1.54, 1.807) is 30.0 Å². The van der Waals surface area contributed by atoms with Crippen molar-refractivity contribution in [1.29, 1.82) is 0 Å². The van der Waals surface area contributed by atoms with Crippen molar-refractivity contribution in [3.8, 4) is 0 Å². The molecular formula is C19H21N3O3. The van der Waals surface area contributed by atoms with Gasteiger partial charge in [-0.15, -0.1) is 0 Å². The van der Waals surface area contributed by atoms with Crippen LogP contribution in [0.5, 0.6) is 0 Å². The summed E-state index contributed by atoms with van der Waals surface area (Å²) in [4.78, 5) is 41.6. The summed E-state index contributed by atoms with van der Waals surface area (Å²) in [5, 5.41) is 2.85. The van der Waals surface area contributed by atoms with Crippen LogP contribution in [0.25, 0.3) is 0 Å². The molecule has 1 aliphatic rings. The van der Waals surface area contributed by atoms with Crippen LogP contribution in [0.1, 0.15) is 42.7 Å². The number of carbonyl (C=O) groups is 2. The van der Waals surface area contributed by atoms with Crippen LogP contribution in [0.4, 0.5) is 11.4 Å². The van der Waals surface area contributed by atoms with Gasteiger partial charge in [-0.05, 0) is 24.1 Å². The van der Waals surface area contributed by atoms with Crippen LogP contribution in [-0.2, 0) is 4.79 Å². The molecule has 1 aromatic heterocycles. The van der Waals surface area contributed by atoms with E-state index in [1.165, 1.54) is 6.07 Å². The third kappa shape index (κ3) is 3.33. The monoisotopic (exact) mass is 339 g/mol. The number of nitrogens with one attached hydrogen (secondary N) is 2. The molecule has 1 aromatic carbocycles. The van der Waals surface area contributed by atoms with Gasteiger partial charge in [0.15, 0.2) is 0 Å². The number of amides is 2. The van der Waals surface area contributed by atoms with Crippen molar-refractivity contribution in [2.75, 3.05) is 16.8 Å². The number of anilines is 2. The highest BCUT2D eigenvalue weighted by Gasteiger charge is 2.29. The molecule has 0 saturated heterocycles. The first-order chi connectivity index (χ1) is 11.9. The smallest absolute Gasteiger partial charge is 0.258 e. The number of hydrogen-bond donors (Lipinski definition) is 2. The predicted octanol–water partition coefficient (Wildman–Crippen LogP) is 2.73. The van der Waals surface area contributed by atoms with Crippen LogP contribution in [0.2, 0.25) is 0 Å².